The normalized spacial score (nSPS) is 21.4. The highest BCUT2D eigenvalue weighted by Gasteiger charge is 2.38. The second-order valence-corrected chi connectivity index (χ2v) is 7.83. The minimum absolute atomic E-state index is 0.248. The van der Waals surface area contributed by atoms with Gasteiger partial charge < -0.3 is 5.11 Å². The fourth-order valence-electron chi connectivity index (χ4n) is 2.24. The molecule has 1 aliphatic rings. The number of carboxylic acids is 1. The molecule has 1 saturated heterocycles. The Morgan fingerprint density at radius 3 is 2.79 bits per heavy atom. The van der Waals surface area contributed by atoms with Crippen LogP contribution in [0.1, 0.15) is 31.1 Å². The highest BCUT2D eigenvalue weighted by molar-refractivity contribution is 7.91. The lowest BCUT2D eigenvalue weighted by atomic mass is 10.1. The van der Waals surface area contributed by atoms with Gasteiger partial charge in [-0.15, -0.1) is 11.3 Å². The molecule has 1 aliphatic heterocycles. The molecule has 106 valence electrons. The molecule has 0 spiro atoms. The monoisotopic (exact) mass is 303 g/mol. The number of carbonyl (C=O) groups is 1. The Balaban J connectivity index is 2.34. The summed E-state index contributed by atoms with van der Waals surface area (Å²) in [5, 5.41) is 9.17. The van der Waals surface area contributed by atoms with Gasteiger partial charge in [0.25, 0.3) is 10.0 Å². The first-order valence-electron chi connectivity index (χ1n) is 6.30. The van der Waals surface area contributed by atoms with Crippen LogP contribution in [0.3, 0.4) is 0 Å². The van der Waals surface area contributed by atoms with E-state index in [0.717, 1.165) is 28.4 Å². The van der Waals surface area contributed by atoms with Crippen LogP contribution in [-0.4, -0.2) is 36.4 Å². The van der Waals surface area contributed by atoms with Crippen molar-refractivity contribution in [2.75, 3.05) is 6.54 Å². The standard InChI is InChI=1S/C12H17NO4S2/c1-2-9-6-7-11(18-9)19(16,17)13-8-4-3-5-10(13)12(14)15/h6-7,10H,2-5,8H2,1H3,(H,14,15). The van der Waals surface area contributed by atoms with Crippen LogP contribution in [0.25, 0.3) is 0 Å². The van der Waals surface area contributed by atoms with Gasteiger partial charge in [-0.25, -0.2) is 8.42 Å². The van der Waals surface area contributed by atoms with Gasteiger partial charge in [-0.1, -0.05) is 6.92 Å². The molecule has 0 amide bonds. The van der Waals surface area contributed by atoms with Gasteiger partial charge in [0.2, 0.25) is 0 Å². The molecule has 5 nitrogen and oxygen atoms in total. The minimum atomic E-state index is -3.67. The summed E-state index contributed by atoms with van der Waals surface area (Å²) in [7, 11) is -3.67. The van der Waals surface area contributed by atoms with Crippen LogP contribution in [0.5, 0.6) is 0 Å². The maximum atomic E-state index is 12.5. The van der Waals surface area contributed by atoms with E-state index in [1.165, 1.54) is 11.3 Å². The molecule has 7 heteroatoms. The van der Waals surface area contributed by atoms with Crippen molar-refractivity contribution in [3.05, 3.63) is 17.0 Å². The van der Waals surface area contributed by atoms with Crippen LogP contribution in [0.15, 0.2) is 16.3 Å². The number of aryl methyl sites for hydroxylation is 1. The number of carboxylic acid groups (broad SMARTS) is 1. The molecule has 1 fully saturated rings. The zero-order chi connectivity index (χ0) is 14.0. The molecule has 1 aromatic rings. The van der Waals surface area contributed by atoms with E-state index in [0.29, 0.717) is 13.0 Å². The molecule has 19 heavy (non-hydrogen) atoms. The molecule has 0 bridgehead atoms. The van der Waals surface area contributed by atoms with Gasteiger partial charge in [0.15, 0.2) is 0 Å². The van der Waals surface area contributed by atoms with E-state index in [1.54, 1.807) is 12.1 Å². The van der Waals surface area contributed by atoms with Gasteiger partial charge in [-0.05, 0) is 37.8 Å². The number of thiophene rings is 1. The third-order valence-electron chi connectivity index (χ3n) is 3.29. The molecular formula is C12H17NO4S2. The number of hydrogen-bond acceptors (Lipinski definition) is 4. The molecule has 0 saturated carbocycles. The zero-order valence-corrected chi connectivity index (χ0v) is 12.3. The highest BCUT2D eigenvalue weighted by Crippen LogP contribution is 2.30. The van der Waals surface area contributed by atoms with Gasteiger partial charge in [-0.2, -0.15) is 4.31 Å². The lowest BCUT2D eigenvalue weighted by Gasteiger charge is -2.31. The van der Waals surface area contributed by atoms with Crippen molar-refractivity contribution in [1.29, 1.82) is 0 Å². The molecule has 2 heterocycles. The van der Waals surface area contributed by atoms with Gasteiger partial charge >= 0.3 is 5.97 Å². The number of hydrogen-bond donors (Lipinski definition) is 1. The Morgan fingerprint density at radius 1 is 1.47 bits per heavy atom. The molecule has 1 aromatic heterocycles. The van der Waals surface area contributed by atoms with Crippen molar-refractivity contribution in [3.63, 3.8) is 0 Å². The summed E-state index contributed by atoms with van der Waals surface area (Å²) in [6, 6.07) is 2.44. The highest BCUT2D eigenvalue weighted by atomic mass is 32.2. The van der Waals surface area contributed by atoms with Crippen LogP contribution >= 0.6 is 11.3 Å². The van der Waals surface area contributed by atoms with Crippen molar-refractivity contribution in [3.8, 4) is 0 Å². The maximum Gasteiger partial charge on any atom is 0.322 e. The van der Waals surface area contributed by atoms with Gasteiger partial charge in [0, 0.05) is 11.4 Å². The average molecular weight is 303 g/mol. The third-order valence-corrected chi connectivity index (χ3v) is 6.89. The molecule has 2 rings (SSSR count). The Labute approximate surface area is 116 Å². The zero-order valence-electron chi connectivity index (χ0n) is 10.7. The van der Waals surface area contributed by atoms with Crippen molar-refractivity contribution < 1.29 is 18.3 Å². The Morgan fingerprint density at radius 2 is 2.21 bits per heavy atom. The molecule has 1 unspecified atom stereocenters. The van der Waals surface area contributed by atoms with E-state index in [9.17, 15) is 13.2 Å². The quantitative estimate of drug-likeness (QED) is 0.922. The topological polar surface area (TPSA) is 74.7 Å². The first kappa shape index (κ1) is 14.5. The van der Waals surface area contributed by atoms with Crippen molar-refractivity contribution in [2.45, 2.75) is 42.9 Å². The Bertz CT molecular complexity index is 564. The van der Waals surface area contributed by atoms with Crippen LogP contribution in [0.2, 0.25) is 0 Å². The largest absolute Gasteiger partial charge is 0.480 e. The first-order valence-corrected chi connectivity index (χ1v) is 8.56. The summed E-state index contributed by atoms with van der Waals surface area (Å²) in [4.78, 5) is 12.2. The lowest BCUT2D eigenvalue weighted by Crippen LogP contribution is -2.47. The van der Waals surface area contributed by atoms with Crippen LogP contribution in [0.4, 0.5) is 0 Å². The van der Waals surface area contributed by atoms with Crippen LogP contribution in [0, 0.1) is 0 Å². The van der Waals surface area contributed by atoms with E-state index in [2.05, 4.69) is 0 Å². The van der Waals surface area contributed by atoms with Gasteiger partial charge in [0.05, 0.1) is 0 Å². The summed E-state index contributed by atoms with van der Waals surface area (Å²) in [5.74, 6) is -1.06. The Kier molecular flexibility index (Phi) is 4.27. The second-order valence-electron chi connectivity index (χ2n) is 4.54. The minimum Gasteiger partial charge on any atom is -0.480 e. The van der Waals surface area contributed by atoms with Gasteiger partial charge in [-0.3, -0.25) is 4.79 Å². The maximum absolute atomic E-state index is 12.5. The summed E-state index contributed by atoms with van der Waals surface area (Å²) in [6.45, 7) is 2.25. The van der Waals surface area contributed by atoms with E-state index < -0.39 is 22.0 Å². The molecule has 1 N–H and O–H groups in total. The summed E-state index contributed by atoms with van der Waals surface area (Å²) in [5.41, 5.74) is 0. The number of nitrogens with zero attached hydrogens (tertiary/aromatic N) is 1. The first-order chi connectivity index (χ1) is 8.96. The number of aliphatic carboxylic acids is 1. The Hall–Kier alpha value is -0.920. The predicted molar refractivity (Wildman–Crippen MR) is 72.9 cm³/mol. The third kappa shape index (κ3) is 2.82. The fourth-order valence-corrected chi connectivity index (χ4v) is 5.32. The fraction of sp³-hybridized carbons (Fsp3) is 0.583. The molecule has 0 aromatic carbocycles. The van der Waals surface area contributed by atoms with E-state index in [-0.39, 0.29) is 4.21 Å². The predicted octanol–water partition coefficient (Wildman–Crippen LogP) is 1.94. The lowest BCUT2D eigenvalue weighted by molar-refractivity contribution is -0.142. The summed E-state index contributed by atoms with van der Waals surface area (Å²) in [6.07, 6.45) is 2.64. The molecule has 1 atom stereocenters. The van der Waals surface area contributed by atoms with Crippen LogP contribution in [-0.2, 0) is 21.2 Å². The summed E-state index contributed by atoms with van der Waals surface area (Å²) < 4.78 is 26.4. The molecule has 0 aliphatic carbocycles. The average Bonchev–Trinajstić information content (AvgIpc) is 2.88. The smallest absolute Gasteiger partial charge is 0.322 e. The second kappa shape index (κ2) is 5.60. The molecule has 0 radical (unpaired) electrons. The van der Waals surface area contributed by atoms with E-state index >= 15 is 0 Å². The number of rotatable bonds is 4. The SMILES string of the molecule is CCc1ccc(S(=O)(=O)N2CCCCC2C(=O)O)s1. The van der Waals surface area contributed by atoms with Crippen molar-refractivity contribution >= 4 is 27.3 Å². The molecular weight excluding hydrogens is 286 g/mol. The number of sulfonamides is 1. The van der Waals surface area contributed by atoms with E-state index in [4.69, 9.17) is 5.11 Å². The van der Waals surface area contributed by atoms with E-state index in [1.807, 2.05) is 6.92 Å². The summed E-state index contributed by atoms with van der Waals surface area (Å²) >= 11 is 1.22. The number of piperidine rings is 1. The van der Waals surface area contributed by atoms with Gasteiger partial charge in [0.1, 0.15) is 10.3 Å². The van der Waals surface area contributed by atoms with Crippen LogP contribution < -0.4 is 0 Å². The van der Waals surface area contributed by atoms with Crippen molar-refractivity contribution in [2.24, 2.45) is 0 Å². The van der Waals surface area contributed by atoms with Crippen molar-refractivity contribution in [1.82, 2.24) is 4.31 Å².